The standard InChI is InChI=1S/C17H13Cl2N3O2/c1-10-6-7-11(18)17(16(10)19)21-14(23)9-22-13-5-3-2-4-12(13)20-8-15(22)24/h2-8H,9H2,1H3,(H,21,23). The summed E-state index contributed by atoms with van der Waals surface area (Å²) < 4.78 is 1.36. The van der Waals surface area contributed by atoms with Gasteiger partial charge in [0.05, 0.1) is 33.0 Å². The molecule has 1 amide bonds. The molecule has 0 fully saturated rings. The Kier molecular flexibility index (Phi) is 4.55. The van der Waals surface area contributed by atoms with Crippen molar-refractivity contribution in [3.63, 3.8) is 0 Å². The Morgan fingerprint density at radius 2 is 1.96 bits per heavy atom. The molecule has 122 valence electrons. The number of aryl methyl sites for hydroxylation is 1. The van der Waals surface area contributed by atoms with Gasteiger partial charge in [-0.15, -0.1) is 0 Å². The summed E-state index contributed by atoms with van der Waals surface area (Å²) in [7, 11) is 0. The van der Waals surface area contributed by atoms with Crippen molar-refractivity contribution in [2.24, 2.45) is 0 Å². The zero-order chi connectivity index (χ0) is 17.3. The number of hydrogen-bond donors (Lipinski definition) is 1. The van der Waals surface area contributed by atoms with Gasteiger partial charge in [-0.2, -0.15) is 0 Å². The summed E-state index contributed by atoms with van der Waals surface area (Å²) in [5.41, 5.74) is 2.00. The molecule has 0 saturated heterocycles. The molecule has 1 heterocycles. The Hall–Kier alpha value is -2.37. The van der Waals surface area contributed by atoms with Crippen LogP contribution in [0.4, 0.5) is 5.69 Å². The van der Waals surface area contributed by atoms with Gasteiger partial charge in [0.1, 0.15) is 6.54 Å². The lowest BCUT2D eigenvalue weighted by Crippen LogP contribution is -2.28. The lowest BCUT2D eigenvalue weighted by Gasteiger charge is -2.13. The van der Waals surface area contributed by atoms with Crippen LogP contribution in [0.3, 0.4) is 0 Å². The second-order valence-corrected chi connectivity index (χ2v) is 6.06. The van der Waals surface area contributed by atoms with Gasteiger partial charge in [-0.3, -0.25) is 14.2 Å². The van der Waals surface area contributed by atoms with Crippen LogP contribution in [0.15, 0.2) is 47.4 Å². The van der Waals surface area contributed by atoms with Gasteiger partial charge in [0.2, 0.25) is 5.91 Å². The molecule has 0 atom stereocenters. The fraction of sp³-hybridized carbons (Fsp3) is 0.118. The van der Waals surface area contributed by atoms with Gasteiger partial charge in [0.25, 0.3) is 5.56 Å². The smallest absolute Gasteiger partial charge is 0.269 e. The topological polar surface area (TPSA) is 64.0 Å². The van der Waals surface area contributed by atoms with Crippen LogP contribution in [-0.4, -0.2) is 15.5 Å². The van der Waals surface area contributed by atoms with E-state index in [0.717, 1.165) is 5.56 Å². The number of carbonyl (C=O) groups excluding carboxylic acids is 1. The summed E-state index contributed by atoms with van der Waals surface area (Å²) >= 11 is 12.3. The first kappa shape index (κ1) is 16.5. The predicted molar refractivity (Wildman–Crippen MR) is 95.8 cm³/mol. The molecule has 0 aliphatic heterocycles. The Morgan fingerprint density at radius 3 is 2.75 bits per heavy atom. The third-order valence-electron chi connectivity index (χ3n) is 3.60. The van der Waals surface area contributed by atoms with Gasteiger partial charge in [-0.25, -0.2) is 4.98 Å². The molecule has 1 aromatic heterocycles. The van der Waals surface area contributed by atoms with Gasteiger partial charge in [0.15, 0.2) is 0 Å². The minimum Gasteiger partial charge on any atom is -0.322 e. The maximum Gasteiger partial charge on any atom is 0.269 e. The molecule has 24 heavy (non-hydrogen) atoms. The number of hydrogen-bond acceptors (Lipinski definition) is 3. The average molecular weight is 362 g/mol. The highest BCUT2D eigenvalue weighted by Gasteiger charge is 2.14. The first-order chi connectivity index (χ1) is 11.5. The van der Waals surface area contributed by atoms with Crippen LogP contribution in [0, 0.1) is 6.92 Å². The lowest BCUT2D eigenvalue weighted by atomic mass is 10.2. The Balaban J connectivity index is 1.93. The molecule has 0 aliphatic rings. The fourth-order valence-electron chi connectivity index (χ4n) is 2.37. The summed E-state index contributed by atoms with van der Waals surface area (Å²) in [6.45, 7) is 1.65. The fourth-order valence-corrected chi connectivity index (χ4v) is 2.84. The SMILES string of the molecule is Cc1ccc(Cl)c(NC(=O)Cn2c(=O)cnc3ccccc32)c1Cl. The highest BCUT2D eigenvalue weighted by Crippen LogP contribution is 2.32. The number of nitrogens with zero attached hydrogens (tertiary/aromatic N) is 2. The van der Waals surface area contributed by atoms with E-state index in [-0.39, 0.29) is 12.1 Å². The Bertz CT molecular complexity index is 999. The molecule has 0 radical (unpaired) electrons. The molecule has 0 aliphatic carbocycles. The molecule has 3 aromatic rings. The molecule has 3 rings (SSSR count). The van der Waals surface area contributed by atoms with Crippen LogP contribution in [0.5, 0.6) is 0 Å². The van der Waals surface area contributed by atoms with E-state index in [9.17, 15) is 9.59 Å². The third kappa shape index (κ3) is 3.13. The summed E-state index contributed by atoms with van der Waals surface area (Å²) in [6.07, 6.45) is 1.20. The highest BCUT2D eigenvalue weighted by atomic mass is 35.5. The first-order valence-corrected chi connectivity index (χ1v) is 7.92. The van der Waals surface area contributed by atoms with Crippen molar-refractivity contribution in [2.45, 2.75) is 13.5 Å². The second-order valence-electron chi connectivity index (χ2n) is 5.27. The van der Waals surface area contributed by atoms with E-state index in [2.05, 4.69) is 10.3 Å². The van der Waals surface area contributed by atoms with E-state index in [0.29, 0.717) is 26.8 Å². The number of para-hydroxylation sites is 2. The maximum absolute atomic E-state index is 12.4. The predicted octanol–water partition coefficient (Wildman–Crippen LogP) is 3.65. The minimum absolute atomic E-state index is 0.164. The maximum atomic E-state index is 12.4. The largest absolute Gasteiger partial charge is 0.322 e. The number of halogens is 2. The lowest BCUT2D eigenvalue weighted by molar-refractivity contribution is -0.116. The quantitative estimate of drug-likeness (QED) is 0.774. The molecular formula is C17H13Cl2N3O2. The number of fused-ring (bicyclic) bond motifs is 1. The van der Waals surface area contributed by atoms with E-state index < -0.39 is 5.91 Å². The zero-order valence-electron chi connectivity index (χ0n) is 12.7. The molecule has 0 bridgehead atoms. The van der Waals surface area contributed by atoms with E-state index in [4.69, 9.17) is 23.2 Å². The Labute approximate surface area is 147 Å². The van der Waals surface area contributed by atoms with Crippen LogP contribution < -0.4 is 10.9 Å². The summed E-state index contributed by atoms with van der Waals surface area (Å²) in [6, 6.07) is 10.5. The van der Waals surface area contributed by atoms with Crippen LogP contribution >= 0.6 is 23.2 Å². The molecular weight excluding hydrogens is 349 g/mol. The summed E-state index contributed by atoms with van der Waals surface area (Å²) in [5, 5.41) is 3.39. The molecule has 5 nitrogen and oxygen atoms in total. The number of benzene rings is 2. The minimum atomic E-state index is -0.400. The summed E-state index contributed by atoms with van der Waals surface area (Å²) in [5.74, 6) is -0.400. The Morgan fingerprint density at radius 1 is 1.21 bits per heavy atom. The summed E-state index contributed by atoms with van der Waals surface area (Å²) in [4.78, 5) is 28.5. The second kappa shape index (κ2) is 6.63. The zero-order valence-corrected chi connectivity index (χ0v) is 14.2. The first-order valence-electron chi connectivity index (χ1n) is 7.16. The molecule has 1 N–H and O–H groups in total. The number of rotatable bonds is 3. The monoisotopic (exact) mass is 361 g/mol. The number of anilines is 1. The average Bonchev–Trinajstić information content (AvgIpc) is 2.58. The van der Waals surface area contributed by atoms with E-state index in [1.807, 2.05) is 13.0 Å². The van der Waals surface area contributed by atoms with Crippen molar-refractivity contribution in [1.82, 2.24) is 9.55 Å². The van der Waals surface area contributed by atoms with E-state index >= 15 is 0 Å². The van der Waals surface area contributed by atoms with E-state index in [1.54, 1.807) is 30.3 Å². The molecule has 0 spiro atoms. The van der Waals surface area contributed by atoms with Crippen molar-refractivity contribution in [2.75, 3.05) is 5.32 Å². The van der Waals surface area contributed by atoms with Crippen molar-refractivity contribution in [3.8, 4) is 0 Å². The number of carbonyl (C=O) groups is 1. The normalized spacial score (nSPS) is 10.8. The van der Waals surface area contributed by atoms with Gasteiger partial charge in [0, 0.05) is 0 Å². The number of amides is 1. The third-order valence-corrected chi connectivity index (χ3v) is 4.41. The number of nitrogens with one attached hydrogen (secondary N) is 1. The van der Waals surface area contributed by atoms with Gasteiger partial charge in [-0.1, -0.05) is 41.4 Å². The van der Waals surface area contributed by atoms with Crippen LogP contribution in [0.1, 0.15) is 5.56 Å². The van der Waals surface area contributed by atoms with Crippen molar-refractivity contribution < 1.29 is 4.79 Å². The van der Waals surface area contributed by atoms with Crippen LogP contribution in [-0.2, 0) is 11.3 Å². The van der Waals surface area contributed by atoms with Gasteiger partial charge >= 0.3 is 0 Å². The van der Waals surface area contributed by atoms with Crippen molar-refractivity contribution in [3.05, 3.63) is 68.6 Å². The molecule has 0 saturated carbocycles. The van der Waals surface area contributed by atoms with Gasteiger partial charge < -0.3 is 5.32 Å². The highest BCUT2D eigenvalue weighted by molar-refractivity contribution is 6.40. The van der Waals surface area contributed by atoms with Crippen LogP contribution in [0.25, 0.3) is 11.0 Å². The van der Waals surface area contributed by atoms with Crippen LogP contribution in [0.2, 0.25) is 10.0 Å². The molecule has 2 aromatic carbocycles. The molecule has 7 heteroatoms. The number of aromatic nitrogens is 2. The van der Waals surface area contributed by atoms with Crippen molar-refractivity contribution in [1.29, 1.82) is 0 Å². The van der Waals surface area contributed by atoms with Gasteiger partial charge in [-0.05, 0) is 30.7 Å². The van der Waals surface area contributed by atoms with Crippen molar-refractivity contribution >= 4 is 45.8 Å². The molecule has 0 unspecified atom stereocenters. The van der Waals surface area contributed by atoms with E-state index in [1.165, 1.54) is 10.8 Å².